The number of aliphatic carboxylic acids is 1. The molecule has 0 bridgehead atoms. The Balaban J connectivity index is 5.62. The van der Waals surface area contributed by atoms with Gasteiger partial charge in [0.25, 0.3) is 0 Å². The first-order valence-electron chi connectivity index (χ1n) is 11.7. The third-order valence-electron chi connectivity index (χ3n) is 5.93. The van der Waals surface area contributed by atoms with Crippen LogP contribution in [0.3, 0.4) is 0 Å². The van der Waals surface area contributed by atoms with E-state index < -0.39 is 47.9 Å². The Hall–Kier alpha value is -2.16. The Morgan fingerprint density at radius 1 is 0.750 bits per heavy atom. The van der Waals surface area contributed by atoms with Gasteiger partial charge < -0.3 is 26.8 Å². The third kappa shape index (κ3) is 9.54. The SMILES string of the molecule is CCC(C)C(NC(=O)C(NC(=O)C(CC(C)C)NC(=O)C(N)C(C)C)C(C)CC)C(=O)O. The molecule has 0 spiro atoms. The highest BCUT2D eigenvalue weighted by Crippen LogP contribution is 2.14. The van der Waals surface area contributed by atoms with Gasteiger partial charge in [-0.05, 0) is 30.1 Å². The van der Waals surface area contributed by atoms with E-state index in [1.54, 1.807) is 6.92 Å². The van der Waals surface area contributed by atoms with Crippen molar-refractivity contribution in [3.05, 3.63) is 0 Å². The van der Waals surface area contributed by atoms with Crippen molar-refractivity contribution in [2.24, 2.45) is 29.4 Å². The fourth-order valence-electron chi connectivity index (χ4n) is 3.16. The van der Waals surface area contributed by atoms with Crippen molar-refractivity contribution in [2.75, 3.05) is 0 Å². The van der Waals surface area contributed by atoms with E-state index in [0.29, 0.717) is 19.3 Å². The third-order valence-corrected chi connectivity index (χ3v) is 5.93. The van der Waals surface area contributed by atoms with Crippen LogP contribution in [-0.4, -0.2) is 53.0 Å². The average molecular weight is 457 g/mol. The largest absolute Gasteiger partial charge is 0.480 e. The highest BCUT2D eigenvalue weighted by atomic mass is 16.4. The Morgan fingerprint density at radius 3 is 1.62 bits per heavy atom. The summed E-state index contributed by atoms with van der Waals surface area (Å²) in [6.07, 6.45) is 1.55. The number of carbonyl (C=O) groups excluding carboxylic acids is 3. The van der Waals surface area contributed by atoms with Crippen LogP contribution in [-0.2, 0) is 19.2 Å². The van der Waals surface area contributed by atoms with Crippen LogP contribution in [0.5, 0.6) is 0 Å². The highest BCUT2D eigenvalue weighted by molar-refractivity contribution is 5.94. The molecule has 0 heterocycles. The Kier molecular flexibility index (Phi) is 13.1. The number of nitrogens with two attached hydrogens (primary N) is 1. The molecular formula is C23H44N4O5. The van der Waals surface area contributed by atoms with E-state index in [4.69, 9.17) is 5.73 Å². The van der Waals surface area contributed by atoms with Crippen LogP contribution >= 0.6 is 0 Å². The predicted octanol–water partition coefficient (Wildman–Crippen LogP) is 1.65. The number of carboxylic acid groups (broad SMARTS) is 1. The summed E-state index contributed by atoms with van der Waals surface area (Å²) in [4.78, 5) is 50.2. The molecule has 0 aliphatic carbocycles. The maximum absolute atomic E-state index is 13.1. The zero-order valence-corrected chi connectivity index (χ0v) is 20.9. The first-order chi connectivity index (χ1) is 14.8. The first kappa shape index (κ1) is 29.8. The van der Waals surface area contributed by atoms with Gasteiger partial charge in [-0.25, -0.2) is 4.79 Å². The molecule has 0 rings (SSSR count). The maximum Gasteiger partial charge on any atom is 0.326 e. The van der Waals surface area contributed by atoms with Gasteiger partial charge in [-0.2, -0.15) is 0 Å². The monoisotopic (exact) mass is 456 g/mol. The minimum absolute atomic E-state index is 0.0927. The zero-order valence-electron chi connectivity index (χ0n) is 20.9. The van der Waals surface area contributed by atoms with Gasteiger partial charge in [0.05, 0.1) is 6.04 Å². The Labute approximate surface area is 192 Å². The molecule has 0 aromatic rings. The molecule has 0 radical (unpaired) electrons. The van der Waals surface area contributed by atoms with Crippen LogP contribution < -0.4 is 21.7 Å². The van der Waals surface area contributed by atoms with Crippen molar-refractivity contribution in [1.82, 2.24) is 16.0 Å². The second-order valence-corrected chi connectivity index (χ2v) is 9.54. The molecule has 0 saturated carbocycles. The smallest absolute Gasteiger partial charge is 0.326 e. The van der Waals surface area contributed by atoms with E-state index in [2.05, 4.69) is 16.0 Å². The van der Waals surface area contributed by atoms with Gasteiger partial charge in [0.15, 0.2) is 0 Å². The minimum atomic E-state index is -1.12. The number of carboxylic acids is 1. The Morgan fingerprint density at radius 2 is 1.22 bits per heavy atom. The van der Waals surface area contributed by atoms with E-state index in [-0.39, 0.29) is 23.7 Å². The minimum Gasteiger partial charge on any atom is -0.480 e. The molecule has 0 saturated heterocycles. The van der Waals surface area contributed by atoms with E-state index in [9.17, 15) is 24.3 Å². The molecule has 0 aromatic heterocycles. The molecular weight excluding hydrogens is 412 g/mol. The van der Waals surface area contributed by atoms with Crippen molar-refractivity contribution < 1.29 is 24.3 Å². The standard InChI is InChI=1S/C23H44N4O5/c1-9-14(7)18(22(30)27-19(23(31)32)15(8)10-2)26-20(28)16(11-12(3)4)25-21(29)17(24)13(5)6/h12-19H,9-11,24H2,1-8H3,(H,25,29)(H,26,28)(H,27,30)(H,31,32). The van der Waals surface area contributed by atoms with Crippen molar-refractivity contribution in [2.45, 2.75) is 98.8 Å². The van der Waals surface area contributed by atoms with Crippen molar-refractivity contribution in [1.29, 1.82) is 0 Å². The van der Waals surface area contributed by atoms with Gasteiger partial charge in [0.2, 0.25) is 17.7 Å². The summed E-state index contributed by atoms with van der Waals surface area (Å²) in [5, 5.41) is 17.5. The summed E-state index contributed by atoms with van der Waals surface area (Å²) >= 11 is 0. The summed E-state index contributed by atoms with van der Waals surface area (Å²) in [5.41, 5.74) is 5.92. The van der Waals surface area contributed by atoms with Crippen LogP contribution in [0.2, 0.25) is 0 Å². The van der Waals surface area contributed by atoms with Crippen LogP contribution in [0, 0.1) is 23.7 Å². The number of hydrogen-bond donors (Lipinski definition) is 5. The summed E-state index contributed by atoms with van der Waals surface area (Å²) in [6, 6.07) is -3.58. The number of carbonyl (C=O) groups is 4. The number of nitrogens with one attached hydrogen (secondary N) is 3. The van der Waals surface area contributed by atoms with Gasteiger partial charge in [-0.3, -0.25) is 14.4 Å². The average Bonchev–Trinajstić information content (AvgIpc) is 2.72. The molecule has 6 unspecified atom stereocenters. The van der Waals surface area contributed by atoms with Crippen molar-refractivity contribution >= 4 is 23.7 Å². The quantitative estimate of drug-likeness (QED) is 0.268. The van der Waals surface area contributed by atoms with Crippen LogP contribution in [0.25, 0.3) is 0 Å². The van der Waals surface area contributed by atoms with E-state index in [1.807, 2.05) is 48.5 Å². The van der Waals surface area contributed by atoms with Crippen molar-refractivity contribution in [3.63, 3.8) is 0 Å². The summed E-state index contributed by atoms with van der Waals surface area (Å²) in [5.74, 6) is -3.06. The molecule has 6 atom stereocenters. The van der Waals surface area contributed by atoms with Crippen LogP contribution in [0.15, 0.2) is 0 Å². The van der Waals surface area contributed by atoms with Gasteiger partial charge in [0.1, 0.15) is 18.1 Å². The van der Waals surface area contributed by atoms with Crippen LogP contribution in [0.1, 0.15) is 74.7 Å². The van der Waals surface area contributed by atoms with E-state index >= 15 is 0 Å². The normalized spacial score (nSPS) is 17.1. The molecule has 32 heavy (non-hydrogen) atoms. The van der Waals surface area contributed by atoms with Gasteiger partial charge in [-0.1, -0.05) is 68.2 Å². The lowest BCUT2D eigenvalue weighted by Gasteiger charge is -2.29. The highest BCUT2D eigenvalue weighted by Gasteiger charge is 2.34. The fourth-order valence-corrected chi connectivity index (χ4v) is 3.16. The van der Waals surface area contributed by atoms with Gasteiger partial charge in [0, 0.05) is 0 Å². The zero-order chi connectivity index (χ0) is 25.2. The summed E-state index contributed by atoms with van der Waals surface area (Å²) in [6.45, 7) is 14.8. The Bertz CT molecular complexity index is 638. The number of hydrogen-bond acceptors (Lipinski definition) is 5. The topological polar surface area (TPSA) is 151 Å². The second-order valence-electron chi connectivity index (χ2n) is 9.54. The second kappa shape index (κ2) is 14.1. The van der Waals surface area contributed by atoms with E-state index in [1.165, 1.54) is 0 Å². The molecule has 9 heteroatoms. The van der Waals surface area contributed by atoms with Crippen LogP contribution in [0.4, 0.5) is 0 Å². The molecule has 6 N–H and O–H groups in total. The van der Waals surface area contributed by atoms with Gasteiger partial charge >= 0.3 is 5.97 Å². The summed E-state index contributed by atoms with van der Waals surface area (Å²) in [7, 11) is 0. The lowest BCUT2D eigenvalue weighted by Crippen LogP contribution is -2.59. The molecule has 0 fully saturated rings. The predicted molar refractivity (Wildman–Crippen MR) is 125 cm³/mol. The molecule has 9 nitrogen and oxygen atoms in total. The van der Waals surface area contributed by atoms with Gasteiger partial charge in [-0.15, -0.1) is 0 Å². The fraction of sp³-hybridized carbons (Fsp3) is 0.826. The van der Waals surface area contributed by atoms with E-state index in [0.717, 1.165) is 0 Å². The number of rotatable bonds is 14. The van der Waals surface area contributed by atoms with Crippen molar-refractivity contribution in [3.8, 4) is 0 Å². The molecule has 0 aliphatic rings. The first-order valence-corrected chi connectivity index (χ1v) is 11.7. The number of amides is 3. The molecule has 0 aliphatic heterocycles. The molecule has 186 valence electrons. The maximum atomic E-state index is 13.1. The lowest BCUT2D eigenvalue weighted by molar-refractivity contribution is -0.144. The lowest BCUT2D eigenvalue weighted by atomic mass is 9.94. The molecule has 0 aromatic carbocycles. The molecule has 3 amide bonds. The summed E-state index contributed by atoms with van der Waals surface area (Å²) < 4.78 is 0.